The molecule has 0 aromatic carbocycles. The second kappa shape index (κ2) is 30.3. The van der Waals surface area contributed by atoms with Crippen LogP contribution in [0.2, 0.25) is 0 Å². The van der Waals surface area contributed by atoms with Crippen molar-refractivity contribution in [1.82, 2.24) is 0 Å². The third-order valence-corrected chi connectivity index (χ3v) is 10.8. The first-order valence-corrected chi connectivity index (χ1v) is 20.4. The van der Waals surface area contributed by atoms with Crippen LogP contribution in [-0.2, 0) is 31.5 Å². The van der Waals surface area contributed by atoms with Crippen LogP contribution in [0.1, 0.15) is 182 Å². The lowest BCUT2D eigenvalue weighted by Crippen LogP contribution is -2.07. The fourth-order valence-corrected chi connectivity index (χ4v) is 7.82. The molecule has 0 N–H and O–H groups in total. The monoisotopic (exact) mass is 626 g/mol. The van der Waals surface area contributed by atoms with Gasteiger partial charge in [0.1, 0.15) is 0 Å². The predicted molar refractivity (Wildman–Crippen MR) is 174 cm³/mol. The second-order valence-electron chi connectivity index (χ2n) is 11.4. The maximum Gasteiger partial charge on any atom is 0.483 e. The summed E-state index contributed by atoms with van der Waals surface area (Å²) in [4.78, 5) is 0. The number of rotatable bonds is 34. The molecular weight excluding hydrogens is 558 g/mol. The van der Waals surface area contributed by atoms with Crippen LogP contribution < -0.4 is 0 Å². The van der Waals surface area contributed by atoms with E-state index in [1.807, 2.05) is 0 Å². The molecule has 0 aliphatic carbocycles. The van der Waals surface area contributed by atoms with Crippen molar-refractivity contribution in [1.29, 1.82) is 0 Å². The molecule has 0 aromatic rings. The molecule has 0 atom stereocenters. The molecule has 7 nitrogen and oxygen atoms in total. The molecule has 0 radical (unpaired) electrons. The van der Waals surface area contributed by atoms with Crippen LogP contribution in [0.3, 0.4) is 0 Å². The molecule has 0 amide bonds. The van der Waals surface area contributed by atoms with Crippen LogP contribution in [0.5, 0.6) is 0 Å². The summed E-state index contributed by atoms with van der Waals surface area (Å²) in [5, 5.41) is 0. The third kappa shape index (κ3) is 27.5. The standard InChI is InChI=1S/C32H68O7P2/c1-5-9-13-17-21-25-29-35-40(33,36-30-26-22-18-14-10-6-2)39-41(34,37-31-27-23-19-15-11-7-3)38-32-28-24-20-16-12-8-4/h5-32H2,1-4H3. The fraction of sp³-hybridized carbons (Fsp3) is 1.00. The van der Waals surface area contributed by atoms with Gasteiger partial charge in [-0.25, -0.2) is 9.13 Å². The summed E-state index contributed by atoms with van der Waals surface area (Å²) < 4.78 is 55.9. The molecule has 0 rings (SSSR count). The largest absolute Gasteiger partial charge is 0.483 e. The number of hydrogen-bond acceptors (Lipinski definition) is 7. The van der Waals surface area contributed by atoms with Gasteiger partial charge in [0.15, 0.2) is 0 Å². The Morgan fingerprint density at radius 3 is 0.732 bits per heavy atom. The zero-order valence-electron chi connectivity index (χ0n) is 27.6. The Bertz CT molecular complexity index is 537. The van der Waals surface area contributed by atoms with Gasteiger partial charge in [-0.05, 0) is 25.7 Å². The quantitative estimate of drug-likeness (QED) is 0.0519. The Balaban J connectivity index is 5.08. The molecule has 0 unspecified atom stereocenters. The Morgan fingerprint density at radius 1 is 0.317 bits per heavy atom. The van der Waals surface area contributed by atoms with E-state index in [1.165, 1.54) is 77.0 Å². The van der Waals surface area contributed by atoms with E-state index < -0.39 is 15.6 Å². The first-order valence-electron chi connectivity index (χ1n) is 17.4. The van der Waals surface area contributed by atoms with E-state index in [0.29, 0.717) is 0 Å². The normalized spacial score (nSPS) is 12.4. The van der Waals surface area contributed by atoms with Crippen molar-refractivity contribution in [3.63, 3.8) is 0 Å². The highest BCUT2D eigenvalue weighted by molar-refractivity contribution is 7.62. The Kier molecular flexibility index (Phi) is 30.5. The Hall–Kier alpha value is 0.260. The minimum atomic E-state index is -4.12. The molecule has 0 fully saturated rings. The zero-order chi connectivity index (χ0) is 30.3. The van der Waals surface area contributed by atoms with Gasteiger partial charge in [-0.3, -0.25) is 18.1 Å². The van der Waals surface area contributed by atoms with Crippen molar-refractivity contribution >= 4 is 15.6 Å². The van der Waals surface area contributed by atoms with Gasteiger partial charge in [-0.1, -0.05) is 156 Å². The van der Waals surface area contributed by atoms with Gasteiger partial charge in [-0.2, -0.15) is 4.31 Å². The molecule has 0 saturated carbocycles. The molecule has 0 aromatic heterocycles. The summed E-state index contributed by atoms with van der Waals surface area (Å²) in [7, 11) is -8.23. The minimum Gasteiger partial charge on any atom is -0.287 e. The SMILES string of the molecule is CCCCCCCCOP(=O)(OCCCCCCCC)OP(=O)(OCCCCCCCC)OCCCCCCCC. The zero-order valence-corrected chi connectivity index (χ0v) is 29.3. The van der Waals surface area contributed by atoms with Crippen molar-refractivity contribution in [2.75, 3.05) is 26.4 Å². The molecule has 0 saturated heterocycles. The van der Waals surface area contributed by atoms with Crippen LogP contribution in [-0.4, -0.2) is 26.4 Å². The highest BCUT2D eigenvalue weighted by atomic mass is 31.3. The average Bonchev–Trinajstić information content (AvgIpc) is 2.95. The number of phosphoric ester groups is 2. The first kappa shape index (κ1) is 41.3. The van der Waals surface area contributed by atoms with E-state index in [0.717, 1.165) is 77.0 Å². The van der Waals surface area contributed by atoms with Crippen LogP contribution in [0.15, 0.2) is 0 Å². The maximum atomic E-state index is 13.7. The summed E-state index contributed by atoms with van der Waals surface area (Å²) in [5.74, 6) is 0. The molecule has 0 aliphatic heterocycles. The van der Waals surface area contributed by atoms with E-state index in [2.05, 4.69) is 27.7 Å². The molecule has 0 heterocycles. The summed E-state index contributed by atoms with van der Waals surface area (Å²) in [6.45, 7) is 9.70. The van der Waals surface area contributed by atoms with E-state index in [4.69, 9.17) is 22.4 Å². The summed E-state index contributed by atoms with van der Waals surface area (Å²) in [6, 6.07) is 0. The molecular formula is C32H68O7P2. The predicted octanol–water partition coefficient (Wildman–Crippen LogP) is 12.7. The second-order valence-corrected chi connectivity index (χ2v) is 14.9. The average molecular weight is 627 g/mol. The van der Waals surface area contributed by atoms with E-state index in [1.54, 1.807) is 0 Å². The molecule has 9 heteroatoms. The van der Waals surface area contributed by atoms with E-state index >= 15 is 0 Å². The summed E-state index contributed by atoms with van der Waals surface area (Å²) >= 11 is 0. The summed E-state index contributed by atoms with van der Waals surface area (Å²) in [6.07, 6.45) is 25.8. The lowest BCUT2D eigenvalue weighted by atomic mass is 10.1. The number of unbranched alkanes of at least 4 members (excludes halogenated alkanes) is 20. The Morgan fingerprint density at radius 2 is 0.512 bits per heavy atom. The number of hydrogen-bond donors (Lipinski definition) is 0. The lowest BCUT2D eigenvalue weighted by Gasteiger charge is -2.23. The van der Waals surface area contributed by atoms with Crippen LogP contribution in [0.4, 0.5) is 0 Å². The van der Waals surface area contributed by atoms with Gasteiger partial charge in [0.25, 0.3) is 0 Å². The van der Waals surface area contributed by atoms with Crippen LogP contribution >= 0.6 is 15.6 Å². The maximum absolute atomic E-state index is 13.7. The lowest BCUT2D eigenvalue weighted by molar-refractivity contribution is 0.105. The topological polar surface area (TPSA) is 80.3 Å². The highest BCUT2D eigenvalue weighted by Gasteiger charge is 2.40. The minimum absolute atomic E-state index is 0.231. The van der Waals surface area contributed by atoms with Gasteiger partial charge in [0.2, 0.25) is 0 Å². The smallest absolute Gasteiger partial charge is 0.287 e. The van der Waals surface area contributed by atoms with Gasteiger partial charge in [0.05, 0.1) is 26.4 Å². The molecule has 248 valence electrons. The van der Waals surface area contributed by atoms with E-state index in [9.17, 15) is 9.13 Å². The van der Waals surface area contributed by atoms with Gasteiger partial charge in [0, 0.05) is 0 Å². The van der Waals surface area contributed by atoms with Crippen LogP contribution in [0.25, 0.3) is 0 Å². The van der Waals surface area contributed by atoms with Crippen molar-refractivity contribution in [2.24, 2.45) is 0 Å². The van der Waals surface area contributed by atoms with Gasteiger partial charge >= 0.3 is 15.6 Å². The van der Waals surface area contributed by atoms with Crippen LogP contribution in [0, 0.1) is 0 Å². The van der Waals surface area contributed by atoms with Crippen molar-refractivity contribution in [3.8, 4) is 0 Å². The van der Waals surface area contributed by atoms with Gasteiger partial charge in [-0.15, -0.1) is 0 Å². The van der Waals surface area contributed by atoms with E-state index in [-0.39, 0.29) is 26.4 Å². The van der Waals surface area contributed by atoms with Crippen molar-refractivity contribution in [2.45, 2.75) is 182 Å². The molecule has 0 spiro atoms. The Labute approximate surface area is 255 Å². The van der Waals surface area contributed by atoms with Gasteiger partial charge < -0.3 is 0 Å². The molecule has 0 aliphatic rings. The fourth-order valence-electron chi connectivity index (χ4n) is 4.53. The molecule has 0 bridgehead atoms. The van der Waals surface area contributed by atoms with Crippen molar-refractivity contribution < 1.29 is 31.5 Å². The number of phosphoric acid groups is 2. The van der Waals surface area contributed by atoms with Crippen molar-refractivity contribution in [3.05, 3.63) is 0 Å². The molecule has 41 heavy (non-hydrogen) atoms. The first-order chi connectivity index (χ1) is 19.9. The third-order valence-electron chi connectivity index (χ3n) is 7.19. The summed E-state index contributed by atoms with van der Waals surface area (Å²) in [5.41, 5.74) is 0. The highest BCUT2D eigenvalue weighted by Crippen LogP contribution is 2.66.